The molecule has 14 heteroatoms. The maximum absolute atomic E-state index is 14.6. The summed E-state index contributed by atoms with van der Waals surface area (Å²) >= 11 is 0. The van der Waals surface area contributed by atoms with Crippen LogP contribution in [0.4, 0.5) is 22.0 Å². The molecule has 4 rings (SSSR count). The Labute approximate surface area is 224 Å². The first-order chi connectivity index (χ1) is 19.1. The van der Waals surface area contributed by atoms with Gasteiger partial charge in [0.15, 0.2) is 17.3 Å². The number of carbonyl (C=O) groups is 1. The van der Waals surface area contributed by atoms with Gasteiger partial charge in [0.2, 0.25) is 0 Å². The molecule has 9 nitrogen and oxygen atoms in total. The van der Waals surface area contributed by atoms with Gasteiger partial charge in [0, 0.05) is 25.0 Å². The molecule has 0 radical (unpaired) electrons. The molecule has 4 aromatic rings. The molecule has 0 bridgehead atoms. The lowest BCUT2D eigenvalue weighted by Crippen LogP contribution is -2.24. The van der Waals surface area contributed by atoms with Crippen molar-refractivity contribution >= 4 is 5.91 Å². The van der Waals surface area contributed by atoms with Gasteiger partial charge in [0.1, 0.15) is 12.8 Å². The third-order valence-corrected chi connectivity index (χ3v) is 5.71. The Morgan fingerprint density at radius 1 is 1.12 bits per heavy atom. The molecule has 40 heavy (non-hydrogen) atoms. The summed E-state index contributed by atoms with van der Waals surface area (Å²) in [6.07, 6.45) is -2.31. The Hall–Kier alpha value is -4.62. The number of amides is 1. The van der Waals surface area contributed by atoms with Crippen LogP contribution in [-0.2, 0) is 32.4 Å². The molecule has 0 aliphatic carbocycles. The lowest BCUT2D eigenvalue weighted by Gasteiger charge is -2.11. The lowest BCUT2D eigenvalue weighted by atomic mass is 10.2. The Balaban J connectivity index is 1.24. The van der Waals surface area contributed by atoms with Crippen LogP contribution in [0.1, 0.15) is 33.7 Å². The van der Waals surface area contributed by atoms with Gasteiger partial charge in [-0.2, -0.15) is 13.2 Å². The summed E-state index contributed by atoms with van der Waals surface area (Å²) in [4.78, 5) is 28.5. The molecule has 0 aliphatic heterocycles. The number of aromatic nitrogens is 5. The highest BCUT2D eigenvalue weighted by atomic mass is 19.4. The van der Waals surface area contributed by atoms with Crippen LogP contribution in [0.2, 0.25) is 0 Å². The zero-order chi connectivity index (χ0) is 28.7. The highest BCUT2D eigenvalue weighted by Gasteiger charge is 2.30. The average molecular weight is 562 g/mol. The molecule has 0 saturated carbocycles. The second-order valence-electron chi connectivity index (χ2n) is 8.71. The molecule has 1 unspecified atom stereocenters. The molecule has 0 aliphatic rings. The fourth-order valence-corrected chi connectivity index (χ4v) is 3.62. The van der Waals surface area contributed by atoms with Gasteiger partial charge in [0.25, 0.3) is 11.5 Å². The minimum Gasteiger partial charge on any atom is -0.486 e. The van der Waals surface area contributed by atoms with Gasteiger partial charge in [-0.3, -0.25) is 14.6 Å². The number of nitrogens with one attached hydrogen (secondary N) is 1. The minimum absolute atomic E-state index is 0.000261. The van der Waals surface area contributed by atoms with Crippen molar-refractivity contribution < 1.29 is 31.5 Å². The van der Waals surface area contributed by atoms with E-state index in [1.165, 1.54) is 41.2 Å². The molecule has 1 aromatic carbocycles. The maximum atomic E-state index is 14.6. The van der Waals surface area contributed by atoms with E-state index in [2.05, 4.69) is 20.6 Å². The number of aryl methyl sites for hydroxylation is 1. The number of halogens is 5. The predicted molar refractivity (Wildman–Crippen MR) is 131 cm³/mol. The van der Waals surface area contributed by atoms with E-state index in [1.807, 2.05) is 0 Å². The van der Waals surface area contributed by atoms with Crippen molar-refractivity contribution in [1.29, 1.82) is 0 Å². The van der Waals surface area contributed by atoms with Crippen molar-refractivity contribution in [3.05, 3.63) is 106 Å². The number of hydrogen-bond acceptors (Lipinski definition) is 6. The van der Waals surface area contributed by atoms with Crippen molar-refractivity contribution in [2.24, 2.45) is 0 Å². The van der Waals surface area contributed by atoms with Gasteiger partial charge < -0.3 is 14.6 Å². The van der Waals surface area contributed by atoms with E-state index in [4.69, 9.17) is 4.74 Å². The van der Waals surface area contributed by atoms with E-state index in [1.54, 1.807) is 12.1 Å². The molecular weight excluding hydrogens is 539 g/mol. The van der Waals surface area contributed by atoms with Crippen LogP contribution in [0.15, 0.2) is 71.9 Å². The molecule has 3 heterocycles. The lowest BCUT2D eigenvalue weighted by molar-refractivity contribution is -0.137. The van der Waals surface area contributed by atoms with E-state index in [-0.39, 0.29) is 55.4 Å². The standard InChI is InChI=1S/C26H23F5N6O3/c27-19(7-10-36-9-6-17(11-24(36)38)16-40-23-4-2-1-3-21(23)28)14-37-15-22(34-35-37)25(39)33-13-20-12-18(5-8-32-20)26(29,30)31/h1-6,8-9,11-12,15,19H,7,10,13-14,16H2,(H,33,39). The van der Waals surface area contributed by atoms with Gasteiger partial charge in [-0.25, -0.2) is 13.5 Å². The first-order valence-electron chi connectivity index (χ1n) is 12.0. The van der Waals surface area contributed by atoms with Gasteiger partial charge >= 0.3 is 6.18 Å². The van der Waals surface area contributed by atoms with E-state index < -0.39 is 29.6 Å². The SMILES string of the molecule is O=C(NCc1cc(C(F)(F)F)ccn1)c1cn(CC(F)CCn2ccc(COc3ccccc3F)cc2=O)nn1. The normalized spacial score (nSPS) is 12.2. The molecule has 3 aromatic heterocycles. The molecule has 1 amide bonds. The summed E-state index contributed by atoms with van der Waals surface area (Å²) in [6.45, 7) is -0.454. The van der Waals surface area contributed by atoms with Crippen LogP contribution in [-0.4, -0.2) is 36.6 Å². The smallest absolute Gasteiger partial charge is 0.416 e. The molecule has 0 saturated heterocycles. The Morgan fingerprint density at radius 3 is 2.67 bits per heavy atom. The van der Waals surface area contributed by atoms with Gasteiger partial charge in [-0.05, 0) is 42.3 Å². The number of ether oxygens (including phenoxy) is 1. The summed E-state index contributed by atoms with van der Waals surface area (Å²) in [7, 11) is 0. The Kier molecular flexibility index (Phi) is 8.86. The Bertz CT molecular complexity index is 1520. The number of nitrogens with zero attached hydrogens (tertiary/aromatic N) is 5. The molecule has 1 atom stereocenters. The zero-order valence-electron chi connectivity index (χ0n) is 20.8. The largest absolute Gasteiger partial charge is 0.486 e. The highest BCUT2D eigenvalue weighted by molar-refractivity contribution is 5.91. The quantitative estimate of drug-likeness (QED) is 0.278. The fraction of sp³-hybridized carbons (Fsp3) is 0.269. The van der Waals surface area contributed by atoms with Crippen LogP contribution in [0.5, 0.6) is 5.75 Å². The predicted octanol–water partition coefficient (Wildman–Crippen LogP) is 3.93. The van der Waals surface area contributed by atoms with Crippen molar-refractivity contribution in [2.45, 2.75) is 45.0 Å². The number of benzene rings is 1. The fourth-order valence-electron chi connectivity index (χ4n) is 3.62. The number of hydrogen-bond donors (Lipinski definition) is 1. The van der Waals surface area contributed by atoms with E-state index in [0.717, 1.165) is 23.0 Å². The van der Waals surface area contributed by atoms with Gasteiger partial charge in [-0.1, -0.05) is 17.3 Å². The monoisotopic (exact) mass is 562 g/mol. The van der Waals surface area contributed by atoms with E-state index >= 15 is 0 Å². The van der Waals surface area contributed by atoms with Crippen LogP contribution in [0.3, 0.4) is 0 Å². The highest BCUT2D eigenvalue weighted by Crippen LogP contribution is 2.29. The number of rotatable bonds is 11. The number of alkyl halides is 4. The average Bonchev–Trinajstić information content (AvgIpc) is 3.39. The zero-order valence-corrected chi connectivity index (χ0v) is 20.8. The first-order valence-corrected chi connectivity index (χ1v) is 12.0. The minimum atomic E-state index is -4.54. The summed E-state index contributed by atoms with van der Waals surface area (Å²) < 4.78 is 74.5. The third-order valence-electron chi connectivity index (χ3n) is 5.71. The van der Waals surface area contributed by atoms with Crippen molar-refractivity contribution in [1.82, 2.24) is 29.9 Å². The van der Waals surface area contributed by atoms with Gasteiger partial charge in [0.05, 0.1) is 30.5 Å². The number of carbonyl (C=O) groups excluding carboxylic acids is 1. The second kappa shape index (κ2) is 12.5. The third kappa shape index (κ3) is 7.71. The van der Waals surface area contributed by atoms with Crippen LogP contribution >= 0.6 is 0 Å². The van der Waals surface area contributed by atoms with E-state index in [9.17, 15) is 31.5 Å². The topological polar surface area (TPSA) is 104 Å². The molecule has 210 valence electrons. The van der Waals surface area contributed by atoms with Crippen LogP contribution < -0.4 is 15.6 Å². The summed E-state index contributed by atoms with van der Waals surface area (Å²) in [5.41, 5.74) is -0.891. The van der Waals surface area contributed by atoms with Crippen molar-refractivity contribution in [2.75, 3.05) is 0 Å². The van der Waals surface area contributed by atoms with Crippen LogP contribution in [0, 0.1) is 5.82 Å². The van der Waals surface area contributed by atoms with Crippen molar-refractivity contribution in [3.63, 3.8) is 0 Å². The van der Waals surface area contributed by atoms with E-state index in [0.29, 0.717) is 5.56 Å². The number of pyridine rings is 2. The molecule has 0 fully saturated rings. The van der Waals surface area contributed by atoms with Crippen LogP contribution in [0.25, 0.3) is 0 Å². The maximum Gasteiger partial charge on any atom is 0.416 e. The molecule has 1 N–H and O–H groups in total. The summed E-state index contributed by atoms with van der Waals surface area (Å²) in [5, 5.41) is 9.77. The molecule has 0 spiro atoms. The Morgan fingerprint density at radius 2 is 1.93 bits per heavy atom. The van der Waals surface area contributed by atoms with Gasteiger partial charge in [-0.15, -0.1) is 5.10 Å². The second-order valence-corrected chi connectivity index (χ2v) is 8.71. The summed E-state index contributed by atoms with van der Waals surface area (Å²) in [5.74, 6) is -1.17. The van der Waals surface area contributed by atoms with Crippen molar-refractivity contribution in [3.8, 4) is 5.75 Å². The first kappa shape index (κ1) is 28.4. The molecular formula is C26H23F5N6O3. The summed E-state index contributed by atoms with van der Waals surface area (Å²) in [6, 6.07) is 10.5. The number of para-hydroxylation sites is 1.